The molecule has 0 aromatic heterocycles. The summed E-state index contributed by atoms with van der Waals surface area (Å²) in [5, 5.41) is 4.17. The molecule has 1 N–H and O–H groups in total. The third kappa shape index (κ3) is 5.64. The largest absolute Gasteiger partial charge is 0.326 e. The summed E-state index contributed by atoms with van der Waals surface area (Å²) < 4.78 is 26.9. The summed E-state index contributed by atoms with van der Waals surface area (Å²) in [4.78, 5) is 12.6. The van der Waals surface area contributed by atoms with Crippen LogP contribution in [0.3, 0.4) is 0 Å². The summed E-state index contributed by atoms with van der Waals surface area (Å²) in [5.41, 5.74) is 2.18. The number of hydrogen-bond acceptors (Lipinski definition) is 3. The molecule has 9 heteroatoms. The highest BCUT2D eigenvalue weighted by Gasteiger charge is 2.31. The fraction of sp³-hybridized carbons (Fsp3) is 0.350. The van der Waals surface area contributed by atoms with Gasteiger partial charge in [-0.25, -0.2) is 12.7 Å². The zero-order valence-corrected chi connectivity index (χ0v) is 18.9. The van der Waals surface area contributed by atoms with E-state index in [-0.39, 0.29) is 17.6 Å². The molecule has 0 unspecified atom stereocenters. The summed E-state index contributed by atoms with van der Waals surface area (Å²) in [5.74, 6) is -0.510. The van der Waals surface area contributed by atoms with E-state index in [1.165, 1.54) is 4.31 Å². The molecule has 1 fully saturated rings. The summed E-state index contributed by atoms with van der Waals surface area (Å²) >= 11 is 17.9. The second kappa shape index (κ2) is 9.23. The van der Waals surface area contributed by atoms with Crippen LogP contribution in [0, 0.1) is 12.8 Å². The molecule has 0 atom stereocenters. The van der Waals surface area contributed by atoms with Crippen LogP contribution in [0.15, 0.2) is 36.4 Å². The van der Waals surface area contributed by atoms with Crippen LogP contribution in [0.2, 0.25) is 15.1 Å². The van der Waals surface area contributed by atoms with Gasteiger partial charge in [0, 0.05) is 29.7 Å². The van der Waals surface area contributed by atoms with Crippen molar-refractivity contribution < 1.29 is 13.2 Å². The number of nitrogens with one attached hydrogen (secondary N) is 1. The van der Waals surface area contributed by atoms with E-state index in [1.807, 2.05) is 13.0 Å². The van der Waals surface area contributed by atoms with Crippen LogP contribution in [-0.2, 0) is 20.6 Å². The molecular weight excluding hydrogens is 455 g/mol. The van der Waals surface area contributed by atoms with Gasteiger partial charge in [0.25, 0.3) is 0 Å². The lowest BCUT2D eigenvalue weighted by atomic mass is 9.97. The molecule has 1 heterocycles. The quantitative estimate of drug-likeness (QED) is 0.651. The highest BCUT2D eigenvalue weighted by Crippen LogP contribution is 2.27. The summed E-state index contributed by atoms with van der Waals surface area (Å²) in [7, 11) is -3.50. The number of anilines is 1. The Balaban J connectivity index is 1.59. The van der Waals surface area contributed by atoms with Crippen LogP contribution in [0.4, 0.5) is 5.69 Å². The molecule has 0 radical (unpaired) electrons. The molecule has 1 aliphatic heterocycles. The van der Waals surface area contributed by atoms with Crippen molar-refractivity contribution in [3.63, 3.8) is 0 Å². The van der Waals surface area contributed by atoms with E-state index in [9.17, 15) is 13.2 Å². The summed E-state index contributed by atoms with van der Waals surface area (Å²) in [6.07, 6.45) is 0.929. The average Bonchev–Trinajstić information content (AvgIpc) is 2.67. The van der Waals surface area contributed by atoms with Gasteiger partial charge in [-0.3, -0.25) is 4.79 Å². The molecule has 0 spiro atoms. The maximum Gasteiger partial charge on any atom is 0.227 e. The highest BCUT2D eigenvalue weighted by atomic mass is 35.5. The predicted octanol–water partition coefficient (Wildman–Crippen LogP) is 5.14. The fourth-order valence-electron chi connectivity index (χ4n) is 3.29. The monoisotopic (exact) mass is 474 g/mol. The fourth-order valence-corrected chi connectivity index (χ4v) is 5.33. The van der Waals surface area contributed by atoms with Crippen LogP contribution < -0.4 is 5.32 Å². The third-order valence-electron chi connectivity index (χ3n) is 5.01. The summed E-state index contributed by atoms with van der Waals surface area (Å²) in [6, 6.07) is 10.1. The van der Waals surface area contributed by atoms with Gasteiger partial charge in [-0.05, 0) is 55.2 Å². The van der Waals surface area contributed by atoms with Gasteiger partial charge in [-0.15, -0.1) is 0 Å². The van der Waals surface area contributed by atoms with Crippen LogP contribution >= 0.6 is 34.8 Å². The number of hydrogen-bond donors (Lipinski definition) is 1. The van der Waals surface area contributed by atoms with Crippen molar-refractivity contribution in [2.45, 2.75) is 25.5 Å². The first kappa shape index (κ1) is 22.4. The van der Waals surface area contributed by atoms with Gasteiger partial charge in [-0.2, -0.15) is 0 Å². The maximum absolute atomic E-state index is 12.7. The van der Waals surface area contributed by atoms with Crippen molar-refractivity contribution in [3.8, 4) is 0 Å². The molecule has 1 aliphatic rings. The van der Waals surface area contributed by atoms with E-state index in [1.54, 1.807) is 30.3 Å². The molecule has 2 aromatic rings. The normalized spacial score (nSPS) is 16.0. The van der Waals surface area contributed by atoms with Gasteiger partial charge in [0.2, 0.25) is 15.9 Å². The molecular formula is C20H21Cl3N2O3S. The van der Waals surface area contributed by atoms with Crippen LogP contribution in [0.25, 0.3) is 0 Å². The molecule has 0 saturated carbocycles. The molecule has 29 heavy (non-hydrogen) atoms. The molecule has 3 rings (SSSR count). The van der Waals surface area contributed by atoms with Crippen molar-refractivity contribution in [1.29, 1.82) is 0 Å². The van der Waals surface area contributed by atoms with Gasteiger partial charge in [0.05, 0.1) is 15.8 Å². The lowest BCUT2D eigenvalue weighted by Gasteiger charge is -2.30. The van der Waals surface area contributed by atoms with Crippen molar-refractivity contribution in [2.24, 2.45) is 5.92 Å². The number of carbonyl (C=O) groups is 1. The Labute approximate surface area is 186 Å². The van der Waals surface area contributed by atoms with Crippen LogP contribution in [-0.4, -0.2) is 31.7 Å². The van der Waals surface area contributed by atoms with Gasteiger partial charge in [0.1, 0.15) is 0 Å². The number of benzene rings is 2. The number of piperidine rings is 1. The molecule has 2 aromatic carbocycles. The Kier molecular flexibility index (Phi) is 7.12. The van der Waals surface area contributed by atoms with Crippen LogP contribution in [0.5, 0.6) is 0 Å². The number of rotatable bonds is 5. The molecule has 0 aliphatic carbocycles. The maximum atomic E-state index is 12.7. The number of aryl methyl sites for hydroxylation is 1. The molecule has 156 valence electrons. The van der Waals surface area contributed by atoms with Gasteiger partial charge in [-0.1, -0.05) is 46.9 Å². The van der Waals surface area contributed by atoms with E-state index in [0.29, 0.717) is 52.2 Å². The van der Waals surface area contributed by atoms with Gasteiger partial charge in [0.15, 0.2) is 0 Å². The zero-order chi connectivity index (χ0) is 21.2. The van der Waals surface area contributed by atoms with E-state index in [4.69, 9.17) is 34.8 Å². The lowest BCUT2D eigenvalue weighted by Crippen LogP contribution is -2.41. The Morgan fingerprint density at radius 3 is 2.41 bits per heavy atom. The number of carbonyl (C=O) groups excluding carboxylic acids is 1. The number of nitrogens with zero attached hydrogens (tertiary/aromatic N) is 1. The SMILES string of the molecule is Cc1ccc(Cl)cc1NC(=O)C1CCN(S(=O)(=O)Cc2ccc(Cl)c(Cl)c2)CC1. The van der Waals surface area contributed by atoms with Crippen molar-refractivity contribution in [1.82, 2.24) is 4.31 Å². The van der Waals surface area contributed by atoms with E-state index < -0.39 is 10.0 Å². The first-order valence-electron chi connectivity index (χ1n) is 9.14. The molecule has 5 nitrogen and oxygen atoms in total. The van der Waals surface area contributed by atoms with Crippen molar-refractivity contribution in [3.05, 3.63) is 62.6 Å². The van der Waals surface area contributed by atoms with E-state index in [2.05, 4.69) is 5.32 Å². The zero-order valence-electron chi connectivity index (χ0n) is 15.8. The topological polar surface area (TPSA) is 66.5 Å². The van der Waals surface area contributed by atoms with Crippen molar-refractivity contribution in [2.75, 3.05) is 18.4 Å². The second-order valence-corrected chi connectivity index (χ2v) is 10.3. The molecule has 1 saturated heterocycles. The number of sulfonamides is 1. The highest BCUT2D eigenvalue weighted by molar-refractivity contribution is 7.88. The van der Waals surface area contributed by atoms with Gasteiger partial charge < -0.3 is 5.32 Å². The second-order valence-electron chi connectivity index (χ2n) is 7.13. The minimum atomic E-state index is -3.50. The first-order valence-corrected chi connectivity index (χ1v) is 11.9. The van der Waals surface area contributed by atoms with Crippen molar-refractivity contribution >= 4 is 56.4 Å². The smallest absolute Gasteiger partial charge is 0.227 e. The standard InChI is InChI=1S/C20H21Cl3N2O3S/c1-13-2-4-16(21)11-19(13)24-20(26)15-6-8-25(9-7-15)29(27,28)12-14-3-5-17(22)18(23)10-14/h2-5,10-11,15H,6-9,12H2,1H3,(H,24,26). The minimum Gasteiger partial charge on any atom is -0.326 e. The molecule has 0 bridgehead atoms. The van der Waals surface area contributed by atoms with Crippen LogP contribution in [0.1, 0.15) is 24.0 Å². The first-order chi connectivity index (χ1) is 13.7. The summed E-state index contributed by atoms with van der Waals surface area (Å²) in [6.45, 7) is 2.50. The lowest BCUT2D eigenvalue weighted by molar-refractivity contribution is -0.120. The number of halogens is 3. The predicted molar refractivity (Wildman–Crippen MR) is 118 cm³/mol. The molecule has 1 amide bonds. The minimum absolute atomic E-state index is 0.114. The van der Waals surface area contributed by atoms with Gasteiger partial charge >= 0.3 is 0 Å². The average molecular weight is 476 g/mol. The Hall–Kier alpha value is -1.31. The Morgan fingerprint density at radius 2 is 1.76 bits per heavy atom. The van der Waals surface area contributed by atoms with E-state index in [0.717, 1.165) is 5.56 Å². The van der Waals surface area contributed by atoms with E-state index >= 15 is 0 Å². The number of amides is 1. The third-order valence-corrected chi connectivity index (χ3v) is 7.83. The Morgan fingerprint density at radius 1 is 1.07 bits per heavy atom. The Bertz CT molecular complexity index is 1020.